The summed E-state index contributed by atoms with van der Waals surface area (Å²) in [7, 11) is 0. The maximum Gasteiger partial charge on any atom is 0.418 e. The summed E-state index contributed by atoms with van der Waals surface area (Å²) >= 11 is 5.55. The Morgan fingerprint density at radius 2 is 2.10 bits per heavy atom. The predicted molar refractivity (Wildman–Crippen MR) is 67.7 cm³/mol. The molecular weight excluding hydrogens is 295 g/mol. The van der Waals surface area contributed by atoms with Gasteiger partial charge < -0.3 is 10.3 Å². The van der Waals surface area contributed by atoms with Gasteiger partial charge >= 0.3 is 6.18 Å². The van der Waals surface area contributed by atoms with E-state index in [-0.39, 0.29) is 16.4 Å². The van der Waals surface area contributed by atoms with Crippen LogP contribution in [0.1, 0.15) is 21.7 Å². The predicted octanol–water partition coefficient (Wildman–Crippen LogP) is 3.64. The van der Waals surface area contributed by atoms with Crippen molar-refractivity contribution in [3.63, 3.8) is 0 Å². The number of aryl methyl sites for hydroxylation is 1. The highest BCUT2D eigenvalue weighted by Gasteiger charge is 2.34. The fourth-order valence-corrected chi connectivity index (χ4v) is 1.80. The van der Waals surface area contributed by atoms with Gasteiger partial charge in [-0.3, -0.25) is 4.79 Å². The van der Waals surface area contributed by atoms with E-state index in [1.54, 1.807) is 6.92 Å². The number of carbonyl (C=O) groups is 1. The van der Waals surface area contributed by atoms with E-state index in [0.29, 0.717) is 5.69 Å². The minimum Gasteiger partial charge on any atom is -0.348 e. The number of amides is 1. The molecule has 0 aliphatic heterocycles. The summed E-state index contributed by atoms with van der Waals surface area (Å²) in [5.41, 5.74) is -0.876. The Hall–Kier alpha value is -2.02. The maximum absolute atomic E-state index is 12.9. The monoisotopic (exact) mass is 303 g/mol. The normalized spacial score (nSPS) is 11.4. The second-order valence-electron chi connectivity index (χ2n) is 4.02. The standard InChI is InChI=1S/C12H9ClF3N3O/c1-6-10(18-5-17-6)11(20)19-9-3-2-7(13)4-8(9)12(14,15)16/h2-5H,1H3,(H,17,18)(H,19,20). The van der Waals surface area contributed by atoms with Crippen molar-refractivity contribution in [1.29, 1.82) is 0 Å². The summed E-state index contributed by atoms with van der Waals surface area (Å²) in [6, 6.07) is 3.13. The van der Waals surface area contributed by atoms with Gasteiger partial charge in [-0.1, -0.05) is 11.6 Å². The molecule has 0 saturated heterocycles. The van der Waals surface area contributed by atoms with Gasteiger partial charge in [0.25, 0.3) is 5.91 Å². The van der Waals surface area contributed by atoms with Crippen molar-refractivity contribution in [1.82, 2.24) is 9.97 Å². The van der Waals surface area contributed by atoms with Gasteiger partial charge in [0.2, 0.25) is 0 Å². The van der Waals surface area contributed by atoms with Gasteiger partial charge in [0, 0.05) is 10.7 Å². The minimum atomic E-state index is -4.62. The fourth-order valence-electron chi connectivity index (χ4n) is 1.63. The lowest BCUT2D eigenvalue weighted by Gasteiger charge is -2.13. The molecule has 1 heterocycles. The molecule has 0 fully saturated rings. The third-order valence-corrected chi connectivity index (χ3v) is 2.82. The number of aromatic amines is 1. The van der Waals surface area contributed by atoms with Crippen LogP contribution < -0.4 is 5.32 Å². The van der Waals surface area contributed by atoms with E-state index < -0.39 is 17.6 Å². The Labute approximate surface area is 117 Å². The topological polar surface area (TPSA) is 57.8 Å². The molecule has 0 bridgehead atoms. The first-order valence-electron chi connectivity index (χ1n) is 5.47. The largest absolute Gasteiger partial charge is 0.418 e. The van der Waals surface area contributed by atoms with E-state index in [4.69, 9.17) is 11.6 Å². The van der Waals surface area contributed by atoms with Crippen LogP contribution in [0.5, 0.6) is 0 Å². The molecule has 20 heavy (non-hydrogen) atoms. The number of nitrogens with one attached hydrogen (secondary N) is 2. The van der Waals surface area contributed by atoms with Crippen LogP contribution in [0.25, 0.3) is 0 Å². The number of rotatable bonds is 2. The molecule has 0 saturated carbocycles. The molecule has 2 aromatic rings. The molecule has 0 atom stereocenters. The Kier molecular flexibility index (Phi) is 3.71. The summed E-state index contributed by atoms with van der Waals surface area (Å²) in [4.78, 5) is 18.3. The first-order valence-corrected chi connectivity index (χ1v) is 5.85. The fraction of sp³-hybridized carbons (Fsp3) is 0.167. The Balaban J connectivity index is 2.35. The van der Waals surface area contributed by atoms with E-state index >= 15 is 0 Å². The van der Waals surface area contributed by atoms with Crippen LogP contribution in [-0.2, 0) is 6.18 Å². The first-order chi connectivity index (χ1) is 9.29. The molecule has 2 N–H and O–H groups in total. The third-order valence-electron chi connectivity index (χ3n) is 2.58. The van der Waals surface area contributed by atoms with E-state index in [9.17, 15) is 18.0 Å². The van der Waals surface area contributed by atoms with E-state index in [1.807, 2.05) is 0 Å². The van der Waals surface area contributed by atoms with E-state index in [2.05, 4.69) is 15.3 Å². The number of hydrogen-bond donors (Lipinski definition) is 2. The second-order valence-corrected chi connectivity index (χ2v) is 4.45. The van der Waals surface area contributed by atoms with Crippen LogP contribution in [0.15, 0.2) is 24.5 Å². The summed E-state index contributed by atoms with van der Waals surface area (Å²) in [6.45, 7) is 1.59. The van der Waals surface area contributed by atoms with Crippen molar-refractivity contribution in [2.45, 2.75) is 13.1 Å². The number of halogens is 4. The number of alkyl halides is 3. The van der Waals surface area contributed by atoms with Crippen LogP contribution in [0, 0.1) is 6.92 Å². The van der Waals surface area contributed by atoms with Crippen LogP contribution in [0.3, 0.4) is 0 Å². The first kappa shape index (κ1) is 14.4. The zero-order valence-corrected chi connectivity index (χ0v) is 10.9. The van der Waals surface area contributed by atoms with Crippen LogP contribution in [0.4, 0.5) is 18.9 Å². The number of aromatic nitrogens is 2. The quantitative estimate of drug-likeness (QED) is 0.890. The average Bonchev–Trinajstić information content (AvgIpc) is 2.76. The highest BCUT2D eigenvalue weighted by Crippen LogP contribution is 2.36. The highest BCUT2D eigenvalue weighted by molar-refractivity contribution is 6.30. The van der Waals surface area contributed by atoms with Gasteiger partial charge in [-0.05, 0) is 25.1 Å². The Morgan fingerprint density at radius 1 is 1.40 bits per heavy atom. The van der Waals surface area contributed by atoms with Gasteiger partial charge in [-0.2, -0.15) is 13.2 Å². The van der Waals surface area contributed by atoms with Gasteiger partial charge in [0.1, 0.15) is 5.69 Å². The molecular formula is C12H9ClF3N3O. The van der Waals surface area contributed by atoms with Crippen LogP contribution >= 0.6 is 11.6 Å². The SMILES string of the molecule is Cc1[nH]cnc1C(=O)Nc1ccc(Cl)cc1C(F)(F)F. The van der Waals surface area contributed by atoms with Gasteiger partial charge in [0.15, 0.2) is 0 Å². The molecule has 106 valence electrons. The molecule has 0 radical (unpaired) electrons. The van der Waals surface area contributed by atoms with Gasteiger partial charge in [-0.15, -0.1) is 0 Å². The zero-order chi connectivity index (χ0) is 14.9. The number of hydrogen-bond acceptors (Lipinski definition) is 2. The number of H-pyrrole nitrogens is 1. The van der Waals surface area contributed by atoms with Crippen molar-refractivity contribution in [2.75, 3.05) is 5.32 Å². The highest BCUT2D eigenvalue weighted by atomic mass is 35.5. The lowest BCUT2D eigenvalue weighted by atomic mass is 10.1. The van der Waals surface area contributed by atoms with Crippen molar-refractivity contribution < 1.29 is 18.0 Å². The third kappa shape index (κ3) is 2.93. The van der Waals surface area contributed by atoms with Crippen molar-refractivity contribution in [2.24, 2.45) is 0 Å². The molecule has 0 unspecified atom stereocenters. The molecule has 1 aromatic heterocycles. The van der Waals surface area contributed by atoms with E-state index in [0.717, 1.165) is 12.1 Å². The Morgan fingerprint density at radius 3 is 2.65 bits per heavy atom. The van der Waals surface area contributed by atoms with Crippen LogP contribution in [-0.4, -0.2) is 15.9 Å². The van der Waals surface area contributed by atoms with Gasteiger partial charge in [-0.25, -0.2) is 4.98 Å². The molecule has 1 aromatic carbocycles. The van der Waals surface area contributed by atoms with Crippen molar-refractivity contribution in [3.8, 4) is 0 Å². The lowest BCUT2D eigenvalue weighted by Crippen LogP contribution is -2.17. The molecule has 0 spiro atoms. The maximum atomic E-state index is 12.9. The molecule has 1 amide bonds. The summed E-state index contributed by atoms with van der Waals surface area (Å²) in [5, 5.41) is 2.12. The zero-order valence-electron chi connectivity index (χ0n) is 10.2. The minimum absolute atomic E-state index is 0.0353. The number of nitrogens with zero attached hydrogens (tertiary/aromatic N) is 1. The average molecular weight is 304 g/mol. The van der Waals surface area contributed by atoms with Crippen molar-refractivity contribution >= 4 is 23.2 Å². The number of anilines is 1. The number of imidazole rings is 1. The summed E-state index contributed by atoms with van der Waals surface area (Å²) in [5.74, 6) is -0.725. The molecule has 4 nitrogen and oxygen atoms in total. The molecule has 8 heteroatoms. The van der Waals surface area contributed by atoms with Gasteiger partial charge in [0.05, 0.1) is 17.6 Å². The molecule has 0 aliphatic rings. The summed E-state index contributed by atoms with van der Waals surface area (Å²) < 4.78 is 38.6. The van der Waals surface area contributed by atoms with Crippen LogP contribution in [0.2, 0.25) is 5.02 Å². The number of carbonyl (C=O) groups excluding carboxylic acids is 1. The van der Waals surface area contributed by atoms with E-state index in [1.165, 1.54) is 12.4 Å². The van der Waals surface area contributed by atoms with Crippen molar-refractivity contribution in [3.05, 3.63) is 46.5 Å². The number of benzene rings is 1. The smallest absolute Gasteiger partial charge is 0.348 e. The molecule has 0 aliphatic carbocycles. The second kappa shape index (κ2) is 5.16. The molecule has 2 rings (SSSR count). The lowest BCUT2D eigenvalue weighted by molar-refractivity contribution is -0.136. The Bertz CT molecular complexity index is 652. The summed E-state index contributed by atoms with van der Waals surface area (Å²) in [6.07, 6.45) is -3.33.